The predicted octanol–water partition coefficient (Wildman–Crippen LogP) is 1.92. The first-order chi connectivity index (χ1) is 10.9. The molecule has 1 aromatic carbocycles. The van der Waals surface area contributed by atoms with E-state index in [2.05, 4.69) is 9.47 Å². The van der Waals surface area contributed by atoms with Gasteiger partial charge in [0.1, 0.15) is 11.3 Å². The fraction of sp³-hybridized carbons (Fsp3) is 0.235. The lowest BCUT2D eigenvalue weighted by molar-refractivity contribution is -0.138. The lowest BCUT2D eigenvalue weighted by atomic mass is 10.1. The van der Waals surface area contributed by atoms with E-state index in [1.807, 2.05) is 13.0 Å². The molecule has 1 heterocycles. The summed E-state index contributed by atoms with van der Waals surface area (Å²) in [5, 5.41) is 0.463. The Kier molecular flexibility index (Phi) is 4.95. The van der Waals surface area contributed by atoms with Gasteiger partial charge in [0.05, 0.1) is 25.2 Å². The standard InChI is InChI=1S/C17H16O6/c1-10-4-5-15-13(6-10)14(18)9-12(23-15)7-11(17(20)22-3)8-16(19)21-2/h4-6,8-9H,7H2,1-3H3/b11-8+. The van der Waals surface area contributed by atoms with Crippen molar-refractivity contribution in [1.82, 2.24) is 0 Å². The minimum Gasteiger partial charge on any atom is -0.466 e. The van der Waals surface area contributed by atoms with Crippen molar-refractivity contribution in [3.8, 4) is 0 Å². The normalized spacial score (nSPS) is 11.3. The molecular weight excluding hydrogens is 300 g/mol. The van der Waals surface area contributed by atoms with Crippen molar-refractivity contribution in [2.24, 2.45) is 0 Å². The van der Waals surface area contributed by atoms with Crippen LogP contribution >= 0.6 is 0 Å². The van der Waals surface area contributed by atoms with Crippen molar-refractivity contribution >= 4 is 22.9 Å². The molecule has 6 nitrogen and oxygen atoms in total. The molecule has 0 bridgehead atoms. The maximum absolute atomic E-state index is 12.2. The third-order valence-corrected chi connectivity index (χ3v) is 3.24. The van der Waals surface area contributed by atoms with E-state index in [0.29, 0.717) is 11.0 Å². The predicted molar refractivity (Wildman–Crippen MR) is 83.0 cm³/mol. The fourth-order valence-electron chi connectivity index (χ4n) is 2.11. The van der Waals surface area contributed by atoms with Gasteiger partial charge in [-0.05, 0) is 19.1 Å². The average Bonchev–Trinajstić information content (AvgIpc) is 2.54. The van der Waals surface area contributed by atoms with E-state index in [1.165, 1.54) is 20.3 Å². The Balaban J connectivity index is 2.44. The van der Waals surface area contributed by atoms with Crippen molar-refractivity contribution in [2.75, 3.05) is 14.2 Å². The molecule has 0 spiro atoms. The first-order valence-corrected chi connectivity index (χ1v) is 6.85. The summed E-state index contributed by atoms with van der Waals surface area (Å²) in [6.45, 7) is 1.88. The number of fused-ring (bicyclic) bond motifs is 1. The number of carbonyl (C=O) groups is 2. The van der Waals surface area contributed by atoms with Gasteiger partial charge in [0.2, 0.25) is 0 Å². The molecule has 0 fully saturated rings. The Hall–Kier alpha value is -2.89. The molecule has 6 heteroatoms. The van der Waals surface area contributed by atoms with Crippen LogP contribution in [0.4, 0.5) is 0 Å². The zero-order chi connectivity index (χ0) is 17.0. The first-order valence-electron chi connectivity index (χ1n) is 6.85. The Bertz CT molecular complexity index is 844. The van der Waals surface area contributed by atoms with Crippen molar-refractivity contribution in [3.05, 3.63) is 57.5 Å². The molecule has 23 heavy (non-hydrogen) atoms. The lowest BCUT2D eigenvalue weighted by Gasteiger charge is -2.06. The van der Waals surface area contributed by atoms with Crippen LogP contribution in [-0.2, 0) is 25.5 Å². The number of esters is 2. The molecule has 0 aliphatic heterocycles. The van der Waals surface area contributed by atoms with E-state index in [4.69, 9.17) is 4.42 Å². The second kappa shape index (κ2) is 6.91. The second-order valence-electron chi connectivity index (χ2n) is 4.94. The van der Waals surface area contributed by atoms with Crippen LogP contribution < -0.4 is 5.43 Å². The smallest absolute Gasteiger partial charge is 0.334 e. The summed E-state index contributed by atoms with van der Waals surface area (Å²) in [7, 11) is 2.40. The van der Waals surface area contributed by atoms with Crippen molar-refractivity contribution in [1.29, 1.82) is 0 Å². The van der Waals surface area contributed by atoms with Gasteiger partial charge in [-0.1, -0.05) is 11.6 Å². The Morgan fingerprint density at radius 2 is 1.91 bits per heavy atom. The topological polar surface area (TPSA) is 82.8 Å². The van der Waals surface area contributed by atoms with Crippen LogP contribution in [0, 0.1) is 6.92 Å². The zero-order valence-corrected chi connectivity index (χ0v) is 13.0. The fourth-order valence-corrected chi connectivity index (χ4v) is 2.11. The molecule has 0 unspecified atom stereocenters. The van der Waals surface area contributed by atoms with Crippen LogP contribution in [-0.4, -0.2) is 26.2 Å². The largest absolute Gasteiger partial charge is 0.466 e. The number of ether oxygens (including phenoxy) is 2. The SMILES string of the molecule is COC(=O)/C=C(\Cc1cc(=O)c2cc(C)ccc2o1)C(=O)OC. The molecule has 0 saturated heterocycles. The first kappa shape index (κ1) is 16.5. The highest BCUT2D eigenvalue weighted by Crippen LogP contribution is 2.17. The highest BCUT2D eigenvalue weighted by atomic mass is 16.5. The minimum atomic E-state index is -0.693. The molecule has 120 valence electrons. The molecule has 2 rings (SSSR count). The van der Waals surface area contributed by atoms with E-state index in [9.17, 15) is 14.4 Å². The molecule has 0 atom stereocenters. The highest BCUT2D eigenvalue weighted by Gasteiger charge is 2.16. The van der Waals surface area contributed by atoms with Gasteiger partial charge in [-0.25, -0.2) is 9.59 Å². The summed E-state index contributed by atoms with van der Waals surface area (Å²) in [5.41, 5.74) is 1.18. The Morgan fingerprint density at radius 3 is 2.57 bits per heavy atom. The Morgan fingerprint density at radius 1 is 1.17 bits per heavy atom. The minimum absolute atomic E-state index is 0.0361. The molecule has 0 N–H and O–H groups in total. The molecule has 0 saturated carbocycles. The molecule has 0 aliphatic rings. The number of benzene rings is 1. The van der Waals surface area contributed by atoms with Crippen LogP contribution in [0.1, 0.15) is 11.3 Å². The highest BCUT2D eigenvalue weighted by molar-refractivity contribution is 5.96. The average molecular weight is 316 g/mol. The van der Waals surface area contributed by atoms with Crippen LogP contribution in [0.5, 0.6) is 0 Å². The number of rotatable bonds is 4. The molecule has 2 aromatic rings. The van der Waals surface area contributed by atoms with E-state index in [1.54, 1.807) is 12.1 Å². The number of carbonyl (C=O) groups excluding carboxylic acids is 2. The molecule has 1 aromatic heterocycles. The van der Waals surface area contributed by atoms with E-state index in [0.717, 1.165) is 11.6 Å². The van der Waals surface area contributed by atoms with E-state index >= 15 is 0 Å². The number of hydrogen-bond acceptors (Lipinski definition) is 6. The number of methoxy groups -OCH3 is 2. The maximum atomic E-state index is 12.2. The maximum Gasteiger partial charge on any atom is 0.334 e. The third kappa shape index (κ3) is 3.85. The van der Waals surface area contributed by atoms with Crippen LogP contribution in [0.3, 0.4) is 0 Å². The third-order valence-electron chi connectivity index (χ3n) is 3.24. The summed E-state index contributed by atoms with van der Waals surface area (Å²) < 4.78 is 14.8. The van der Waals surface area contributed by atoms with Crippen molar-refractivity contribution in [3.63, 3.8) is 0 Å². The van der Waals surface area contributed by atoms with Crippen molar-refractivity contribution in [2.45, 2.75) is 13.3 Å². The van der Waals surface area contributed by atoms with Crippen LogP contribution in [0.25, 0.3) is 11.0 Å². The number of aryl methyl sites for hydroxylation is 1. The summed E-state index contributed by atoms with van der Waals surface area (Å²) >= 11 is 0. The van der Waals surface area contributed by atoms with Gasteiger partial charge in [0, 0.05) is 18.6 Å². The quantitative estimate of drug-likeness (QED) is 0.633. The van der Waals surface area contributed by atoms with Crippen LogP contribution in [0.15, 0.2) is 45.1 Å². The lowest BCUT2D eigenvalue weighted by Crippen LogP contribution is -2.12. The second-order valence-corrected chi connectivity index (χ2v) is 4.94. The summed E-state index contributed by atoms with van der Waals surface area (Å²) in [6.07, 6.45) is 0.964. The Labute approximate surface area is 132 Å². The molecule has 0 radical (unpaired) electrons. The van der Waals surface area contributed by atoms with Gasteiger partial charge in [-0.15, -0.1) is 0 Å². The summed E-state index contributed by atoms with van der Waals surface area (Å²) in [4.78, 5) is 35.3. The summed E-state index contributed by atoms with van der Waals surface area (Å²) in [5.74, 6) is -1.13. The molecule has 0 aliphatic carbocycles. The molecule has 0 amide bonds. The zero-order valence-electron chi connectivity index (χ0n) is 13.0. The molecular formula is C17H16O6. The summed E-state index contributed by atoms with van der Waals surface area (Å²) in [6, 6.07) is 6.55. The van der Waals surface area contributed by atoms with E-state index in [-0.39, 0.29) is 23.2 Å². The van der Waals surface area contributed by atoms with Gasteiger partial charge in [-0.3, -0.25) is 4.79 Å². The van der Waals surface area contributed by atoms with Gasteiger partial charge in [0.25, 0.3) is 0 Å². The van der Waals surface area contributed by atoms with Gasteiger partial charge in [-0.2, -0.15) is 0 Å². The van der Waals surface area contributed by atoms with Gasteiger partial charge in [0.15, 0.2) is 5.43 Å². The van der Waals surface area contributed by atoms with Crippen molar-refractivity contribution < 1.29 is 23.5 Å². The van der Waals surface area contributed by atoms with Gasteiger partial charge >= 0.3 is 11.9 Å². The number of hydrogen-bond donors (Lipinski definition) is 0. The van der Waals surface area contributed by atoms with Crippen LogP contribution in [0.2, 0.25) is 0 Å². The van der Waals surface area contributed by atoms with Gasteiger partial charge < -0.3 is 13.9 Å². The van der Waals surface area contributed by atoms with E-state index < -0.39 is 11.9 Å². The monoisotopic (exact) mass is 316 g/mol.